The lowest BCUT2D eigenvalue weighted by Crippen LogP contribution is -2.41. The molecule has 0 saturated heterocycles. The SMILES string of the molecule is C=C(C)C[Si](OC)(OC)C1CC1C. The molecule has 0 aromatic rings. The van der Waals surface area contributed by atoms with Gasteiger partial charge in [-0.15, -0.1) is 6.58 Å². The van der Waals surface area contributed by atoms with Crippen LogP contribution in [-0.4, -0.2) is 22.8 Å². The topological polar surface area (TPSA) is 18.5 Å². The molecule has 1 rings (SSSR count). The van der Waals surface area contributed by atoms with Crippen LogP contribution >= 0.6 is 0 Å². The third-order valence-electron chi connectivity index (χ3n) is 2.91. The van der Waals surface area contributed by atoms with Crippen LogP contribution in [0.15, 0.2) is 12.2 Å². The summed E-state index contributed by atoms with van der Waals surface area (Å²) < 4.78 is 11.3. The summed E-state index contributed by atoms with van der Waals surface area (Å²) in [5, 5.41) is 0. The Morgan fingerprint density at radius 3 is 2.15 bits per heavy atom. The van der Waals surface area contributed by atoms with Gasteiger partial charge in [-0.05, 0) is 19.3 Å². The Hall–Kier alpha value is -0.123. The van der Waals surface area contributed by atoms with Gasteiger partial charge >= 0.3 is 8.56 Å². The van der Waals surface area contributed by atoms with E-state index < -0.39 is 8.56 Å². The van der Waals surface area contributed by atoms with Gasteiger partial charge in [0.15, 0.2) is 0 Å². The lowest BCUT2D eigenvalue weighted by Gasteiger charge is -2.27. The van der Waals surface area contributed by atoms with Crippen LogP contribution in [0, 0.1) is 5.92 Å². The Labute approximate surface area is 82.2 Å². The van der Waals surface area contributed by atoms with Gasteiger partial charge in [0.05, 0.1) is 0 Å². The molecule has 13 heavy (non-hydrogen) atoms. The zero-order valence-electron chi connectivity index (χ0n) is 9.09. The molecular weight excluding hydrogens is 180 g/mol. The van der Waals surface area contributed by atoms with E-state index in [0.29, 0.717) is 5.54 Å². The summed E-state index contributed by atoms with van der Waals surface area (Å²) >= 11 is 0. The van der Waals surface area contributed by atoms with Crippen molar-refractivity contribution < 1.29 is 8.85 Å². The fourth-order valence-corrected chi connectivity index (χ4v) is 5.78. The van der Waals surface area contributed by atoms with E-state index in [-0.39, 0.29) is 0 Å². The Bertz CT molecular complexity index is 199. The third-order valence-corrected chi connectivity index (χ3v) is 7.33. The fraction of sp³-hybridized carbons (Fsp3) is 0.800. The standard InChI is InChI=1S/C10H20O2Si/c1-8(2)7-13(11-4,12-5)10-6-9(10)3/h9-10H,1,6-7H2,2-5H3. The van der Waals surface area contributed by atoms with Crippen molar-refractivity contribution in [1.29, 1.82) is 0 Å². The largest absolute Gasteiger partial charge is 0.397 e. The molecule has 0 spiro atoms. The van der Waals surface area contributed by atoms with Gasteiger partial charge in [0.2, 0.25) is 0 Å². The molecule has 0 heterocycles. The Balaban J connectivity index is 2.67. The molecule has 0 aromatic heterocycles. The Kier molecular flexibility index (Phi) is 3.32. The zero-order chi connectivity index (χ0) is 10.1. The minimum atomic E-state index is -1.94. The maximum absolute atomic E-state index is 5.65. The summed E-state index contributed by atoms with van der Waals surface area (Å²) in [7, 11) is 1.63. The minimum absolute atomic E-state index is 0.680. The van der Waals surface area contributed by atoms with Crippen LogP contribution in [0.1, 0.15) is 20.3 Å². The third kappa shape index (κ3) is 2.21. The van der Waals surface area contributed by atoms with Crippen molar-refractivity contribution in [2.45, 2.75) is 31.9 Å². The average molecular weight is 200 g/mol. The smallest absolute Gasteiger partial charge is 0.345 e. The van der Waals surface area contributed by atoms with Crippen molar-refractivity contribution in [3.05, 3.63) is 12.2 Å². The average Bonchev–Trinajstić information content (AvgIpc) is 2.79. The maximum atomic E-state index is 5.65. The van der Waals surface area contributed by atoms with E-state index in [9.17, 15) is 0 Å². The molecule has 1 aliphatic carbocycles. The highest BCUT2D eigenvalue weighted by Crippen LogP contribution is 2.53. The second-order valence-electron chi connectivity index (χ2n) is 4.17. The molecule has 0 bridgehead atoms. The van der Waals surface area contributed by atoms with Gasteiger partial charge in [0.25, 0.3) is 0 Å². The van der Waals surface area contributed by atoms with E-state index in [4.69, 9.17) is 8.85 Å². The molecule has 0 aliphatic heterocycles. The van der Waals surface area contributed by atoms with E-state index >= 15 is 0 Å². The molecule has 1 fully saturated rings. The predicted octanol–water partition coefficient (Wildman–Crippen LogP) is 2.71. The normalized spacial score (nSPS) is 27.4. The van der Waals surface area contributed by atoms with Gasteiger partial charge in [0, 0.05) is 25.8 Å². The number of hydrogen-bond donors (Lipinski definition) is 0. The highest BCUT2D eigenvalue weighted by atomic mass is 28.4. The van der Waals surface area contributed by atoms with Crippen LogP contribution in [0.4, 0.5) is 0 Å². The number of allylic oxidation sites excluding steroid dienone is 1. The first-order valence-electron chi connectivity index (χ1n) is 4.80. The van der Waals surface area contributed by atoms with Crippen LogP contribution in [0.25, 0.3) is 0 Å². The molecule has 2 nitrogen and oxygen atoms in total. The number of rotatable bonds is 5. The Morgan fingerprint density at radius 2 is 1.92 bits per heavy atom. The molecule has 2 atom stereocenters. The molecular formula is C10H20O2Si. The molecule has 1 aliphatic rings. The van der Waals surface area contributed by atoms with Crippen LogP contribution in [-0.2, 0) is 8.85 Å². The van der Waals surface area contributed by atoms with Crippen molar-refractivity contribution in [1.82, 2.24) is 0 Å². The van der Waals surface area contributed by atoms with Crippen LogP contribution in [0.2, 0.25) is 11.6 Å². The van der Waals surface area contributed by atoms with Crippen LogP contribution in [0.3, 0.4) is 0 Å². The van der Waals surface area contributed by atoms with Crippen molar-refractivity contribution in [3.63, 3.8) is 0 Å². The predicted molar refractivity (Wildman–Crippen MR) is 56.9 cm³/mol. The first kappa shape index (κ1) is 11.0. The first-order chi connectivity index (χ1) is 6.05. The maximum Gasteiger partial charge on any atom is 0.345 e. The summed E-state index contributed by atoms with van der Waals surface area (Å²) in [4.78, 5) is 0. The number of hydrogen-bond acceptors (Lipinski definition) is 2. The van der Waals surface area contributed by atoms with Gasteiger partial charge in [0.1, 0.15) is 0 Å². The fourth-order valence-electron chi connectivity index (χ4n) is 2.02. The molecule has 1 saturated carbocycles. The minimum Gasteiger partial charge on any atom is -0.397 e. The van der Waals surface area contributed by atoms with Gasteiger partial charge in [-0.1, -0.05) is 12.5 Å². The Morgan fingerprint density at radius 1 is 1.46 bits per heavy atom. The quantitative estimate of drug-likeness (QED) is 0.502. The highest BCUT2D eigenvalue weighted by Gasteiger charge is 2.55. The van der Waals surface area contributed by atoms with E-state index in [2.05, 4.69) is 13.5 Å². The summed E-state index contributed by atoms with van der Waals surface area (Å²) in [5.41, 5.74) is 1.86. The van der Waals surface area contributed by atoms with Crippen molar-refractivity contribution in [3.8, 4) is 0 Å². The molecule has 0 N–H and O–H groups in total. The van der Waals surface area contributed by atoms with Gasteiger partial charge < -0.3 is 8.85 Å². The van der Waals surface area contributed by atoms with E-state index in [1.54, 1.807) is 14.2 Å². The zero-order valence-corrected chi connectivity index (χ0v) is 10.1. The lowest BCUT2D eigenvalue weighted by atomic mass is 10.4. The lowest BCUT2D eigenvalue weighted by molar-refractivity contribution is 0.241. The van der Waals surface area contributed by atoms with E-state index in [1.807, 2.05) is 6.92 Å². The summed E-state index contributed by atoms with van der Waals surface area (Å²) in [6, 6.07) is 0.939. The molecule has 0 radical (unpaired) electrons. The van der Waals surface area contributed by atoms with Crippen LogP contribution < -0.4 is 0 Å². The van der Waals surface area contributed by atoms with Gasteiger partial charge in [-0.25, -0.2) is 0 Å². The summed E-state index contributed by atoms with van der Waals surface area (Å²) in [5.74, 6) is 0.783. The molecule has 2 unspecified atom stereocenters. The second-order valence-corrected chi connectivity index (χ2v) is 7.71. The summed E-state index contributed by atoms with van der Waals surface area (Å²) in [6.07, 6.45) is 1.27. The van der Waals surface area contributed by atoms with Gasteiger partial charge in [-0.2, -0.15) is 0 Å². The van der Waals surface area contributed by atoms with Crippen molar-refractivity contribution in [2.75, 3.05) is 14.2 Å². The molecule has 0 aromatic carbocycles. The van der Waals surface area contributed by atoms with Gasteiger partial charge in [-0.3, -0.25) is 0 Å². The first-order valence-corrected chi connectivity index (χ1v) is 6.90. The molecule has 76 valence electrons. The van der Waals surface area contributed by atoms with E-state index in [0.717, 1.165) is 12.0 Å². The molecule has 3 heteroatoms. The van der Waals surface area contributed by atoms with Crippen molar-refractivity contribution in [2.24, 2.45) is 5.92 Å². The highest BCUT2D eigenvalue weighted by molar-refractivity contribution is 6.70. The van der Waals surface area contributed by atoms with E-state index in [1.165, 1.54) is 12.0 Å². The monoisotopic (exact) mass is 200 g/mol. The summed E-state index contributed by atoms with van der Waals surface area (Å²) in [6.45, 7) is 8.26. The van der Waals surface area contributed by atoms with Crippen molar-refractivity contribution >= 4 is 8.56 Å². The molecule has 0 amide bonds. The second kappa shape index (κ2) is 3.94. The van der Waals surface area contributed by atoms with Crippen LogP contribution in [0.5, 0.6) is 0 Å².